The third-order valence-corrected chi connectivity index (χ3v) is 3.16. The molecule has 0 aliphatic carbocycles. The zero-order chi connectivity index (χ0) is 13.7. The number of aryl methyl sites for hydroxylation is 2. The number of nitrogens with zero attached hydrogens (tertiary/aromatic N) is 1. The fourth-order valence-corrected chi connectivity index (χ4v) is 2.06. The molecule has 0 aliphatic rings. The van der Waals surface area contributed by atoms with Gasteiger partial charge < -0.3 is 10.6 Å². The summed E-state index contributed by atoms with van der Waals surface area (Å²) in [6, 6.07) is 10.3. The fourth-order valence-electron chi connectivity index (χ4n) is 1.86. The second kappa shape index (κ2) is 6.33. The highest BCUT2D eigenvalue weighted by atomic mass is 32.1. The highest BCUT2D eigenvalue weighted by Gasteiger charge is 2.07. The van der Waals surface area contributed by atoms with Crippen molar-refractivity contribution in [3.8, 4) is 0 Å². The Morgan fingerprint density at radius 2 is 2.00 bits per heavy atom. The van der Waals surface area contributed by atoms with Crippen molar-refractivity contribution in [2.75, 3.05) is 11.9 Å². The number of hydrogen-bond donors (Lipinski definition) is 3. The minimum absolute atomic E-state index is 0.628. The molecular weight excluding hydrogens is 256 g/mol. The van der Waals surface area contributed by atoms with Gasteiger partial charge in [0.1, 0.15) is 0 Å². The minimum Gasteiger partial charge on any atom is -0.362 e. The summed E-state index contributed by atoms with van der Waals surface area (Å²) in [6.45, 7) is 4.72. The van der Waals surface area contributed by atoms with E-state index in [-0.39, 0.29) is 0 Å². The van der Waals surface area contributed by atoms with Gasteiger partial charge in [-0.05, 0) is 38.0 Å². The number of anilines is 1. The van der Waals surface area contributed by atoms with E-state index in [1.807, 2.05) is 32.0 Å². The Morgan fingerprint density at radius 3 is 2.63 bits per heavy atom. The maximum absolute atomic E-state index is 5.27. The maximum Gasteiger partial charge on any atom is 0.170 e. The molecule has 0 unspecified atom stereocenters. The molecule has 0 amide bonds. The van der Waals surface area contributed by atoms with Crippen LogP contribution in [-0.2, 0) is 6.42 Å². The molecule has 0 fully saturated rings. The number of H-pyrrole nitrogens is 1. The molecule has 1 aromatic carbocycles. The molecule has 1 heterocycles. The average Bonchev–Trinajstić information content (AvgIpc) is 2.72. The third kappa shape index (κ3) is 3.79. The Morgan fingerprint density at radius 1 is 1.26 bits per heavy atom. The molecule has 19 heavy (non-hydrogen) atoms. The van der Waals surface area contributed by atoms with E-state index in [1.165, 1.54) is 5.56 Å². The molecule has 1 aromatic heterocycles. The smallest absolute Gasteiger partial charge is 0.170 e. The van der Waals surface area contributed by atoms with Crippen LogP contribution < -0.4 is 10.6 Å². The van der Waals surface area contributed by atoms with Gasteiger partial charge >= 0.3 is 0 Å². The van der Waals surface area contributed by atoms with Gasteiger partial charge in [0.05, 0.1) is 17.1 Å². The first-order valence-electron chi connectivity index (χ1n) is 6.27. The Kier molecular flexibility index (Phi) is 4.52. The molecule has 2 aromatic rings. The number of benzene rings is 1. The second-order valence-corrected chi connectivity index (χ2v) is 4.83. The summed E-state index contributed by atoms with van der Waals surface area (Å²) >= 11 is 5.27. The molecule has 4 nitrogen and oxygen atoms in total. The Labute approximate surface area is 118 Å². The fraction of sp³-hybridized carbons (Fsp3) is 0.286. The molecule has 0 spiro atoms. The van der Waals surface area contributed by atoms with Crippen LogP contribution in [0, 0.1) is 13.8 Å². The van der Waals surface area contributed by atoms with Crippen molar-refractivity contribution in [3.05, 3.63) is 47.3 Å². The molecule has 0 aliphatic heterocycles. The lowest BCUT2D eigenvalue weighted by Gasteiger charge is -2.10. The Balaban J connectivity index is 1.79. The van der Waals surface area contributed by atoms with Gasteiger partial charge in [0.2, 0.25) is 0 Å². The van der Waals surface area contributed by atoms with E-state index >= 15 is 0 Å². The van der Waals surface area contributed by atoms with Crippen LogP contribution in [0.4, 0.5) is 5.69 Å². The van der Waals surface area contributed by atoms with Gasteiger partial charge in [-0.25, -0.2) is 0 Å². The molecule has 3 N–H and O–H groups in total. The quantitative estimate of drug-likeness (QED) is 0.750. The lowest BCUT2D eigenvalue weighted by molar-refractivity contribution is 0.873. The molecule has 0 atom stereocenters. The van der Waals surface area contributed by atoms with Crippen LogP contribution in [0.3, 0.4) is 0 Å². The summed E-state index contributed by atoms with van der Waals surface area (Å²) < 4.78 is 0. The number of hydrogen-bond acceptors (Lipinski definition) is 2. The lowest BCUT2D eigenvalue weighted by atomic mass is 10.1. The first-order chi connectivity index (χ1) is 9.16. The van der Waals surface area contributed by atoms with Crippen LogP contribution >= 0.6 is 12.2 Å². The van der Waals surface area contributed by atoms with Gasteiger partial charge in [0.15, 0.2) is 5.11 Å². The molecular formula is C14H18N4S. The Bertz CT molecular complexity index is 528. The monoisotopic (exact) mass is 274 g/mol. The standard InChI is InChI=1S/C14H18N4S/c1-10-13(11(2)18-17-10)16-14(19)15-9-8-12-6-4-3-5-7-12/h3-7H,8-9H2,1-2H3,(H,17,18)(H2,15,16,19). The summed E-state index contributed by atoms with van der Waals surface area (Å²) in [7, 11) is 0. The van der Waals surface area contributed by atoms with Crippen LogP contribution in [0.5, 0.6) is 0 Å². The van der Waals surface area contributed by atoms with Crippen LogP contribution in [0.15, 0.2) is 30.3 Å². The van der Waals surface area contributed by atoms with Crippen molar-refractivity contribution in [1.29, 1.82) is 0 Å². The topological polar surface area (TPSA) is 52.7 Å². The lowest BCUT2D eigenvalue weighted by Crippen LogP contribution is -2.30. The SMILES string of the molecule is Cc1n[nH]c(C)c1NC(=S)NCCc1ccccc1. The molecule has 5 heteroatoms. The van der Waals surface area contributed by atoms with E-state index in [9.17, 15) is 0 Å². The number of rotatable bonds is 4. The summed E-state index contributed by atoms with van der Waals surface area (Å²) in [4.78, 5) is 0. The van der Waals surface area contributed by atoms with Crippen LogP contribution in [0.25, 0.3) is 0 Å². The zero-order valence-electron chi connectivity index (χ0n) is 11.2. The van der Waals surface area contributed by atoms with Gasteiger partial charge in [0.25, 0.3) is 0 Å². The summed E-state index contributed by atoms with van der Waals surface area (Å²) in [6.07, 6.45) is 0.950. The number of nitrogens with one attached hydrogen (secondary N) is 3. The normalized spacial score (nSPS) is 10.2. The van der Waals surface area contributed by atoms with Crippen LogP contribution in [-0.4, -0.2) is 21.9 Å². The molecule has 100 valence electrons. The summed E-state index contributed by atoms with van der Waals surface area (Å²) in [5, 5.41) is 14.0. The largest absolute Gasteiger partial charge is 0.362 e. The van der Waals surface area contributed by atoms with E-state index in [0.29, 0.717) is 5.11 Å². The van der Waals surface area contributed by atoms with Crippen molar-refractivity contribution < 1.29 is 0 Å². The minimum atomic E-state index is 0.628. The Hall–Kier alpha value is -1.88. The molecule has 0 radical (unpaired) electrons. The van der Waals surface area contributed by atoms with E-state index < -0.39 is 0 Å². The van der Waals surface area contributed by atoms with Crippen molar-refractivity contribution in [2.24, 2.45) is 0 Å². The van der Waals surface area contributed by atoms with Crippen molar-refractivity contribution in [3.63, 3.8) is 0 Å². The number of aromatic amines is 1. The van der Waals surface area contributed by atoms with Gasteiger partial charge in [-0.2, -0.15) is 5.10 Å². The van der Waals surface area contributed by atoms with E-state index in [2.05, 4.69) is 33.0 Å². The molecule has 0 saturated carbocycles. The molecule has 0 bridgehead atoms. The maximum atomic E-state index is 5.27. The average molecular weight is 274 g/mol. The van der Waals surface area contributed by atoms with Crippen molar-refractivity contribution in [1.82, 2.24) is 15.5 Å². The van der Waals surface area contributed by atoms with E-state index in [0.717, 1.165) is 30.0 Å². The van der Waals surface area contributed by atoms with Crippen molar-refractivity contribution >= 4 is 23.0 Å². The highest BCUT2D eigenvalue weighted by molar-refractivity contribution is 7.80. The van der Waals surface area contributed by atoms with E-state index in [1.54, 1.807) is 0 Å². The van der Waals surface area contributed by atoms with Crippen LogP contribution in [0.1, 0.15) is 17.0 Å². The first kappa shape index (κ1) is 13.5. The predicted octanol–water partition coefficient (Wildman–Crippen LogP) is 2.56. The highest BCUT2D eigenvalue weighted by Crippen LogP contribution is 2.15. The molecule has 0 saturated heterocycles. The number of thiocarbonyl (C=S) groups is 1. The third-order valence-electron chi connectivity index (χ3n) is 2.91. The van der Waals surface area contributed by atoms with Gasteiger partial charge in [-0.3, -0.25) is 5.10 Å². The number of aromatic nitrogens is 2. The molecule has 2 rings (SSSR count). The van der Waals surface area contributed by atoms with Gasteiger partial charge in [0, 0.05) is 6.54 Å². The zero-order valence-corrected chi connectivity index (χ0v) is 12.0. The summed E-state index contributed by atoms with van der Waals surface area (Å²) in [5.41, 5.74) is 4.17. The first-order valence-corrected chi connectivity index (χ1v) is 6.68. The van der Waals surface area contributed by atoms with Crippen LogP contribution in [0.2, 0.25) is 0 Å². The van der Waals surface area contributed by atoms with Gasteiger partial charge in [-0.15, -0.1) is 0 Å². The predicted molar refractivity (Wildman–Crippen MR) is 82.4 cm³/mol. The summed E-state index contributed by atoms with van der Waals surface area (Å²) in [5.74, 6) is 0. The van der Waals surface area contributed by atoms with Crippen molar-refractivity contribution in [2.45, 2.75) is 20.3 Å². The van der Waals surface area contributed by atoms with Gasteiger partial charge in [-0.1, -0.05) is 30.3 Å². The second-order valence-electron chi connectivity index (χ2n) is 4.43. The van der Waals surface area contributed by atoms with E-state index in [4.69, 9.17) is 12.2 Å².